The van der Waals surface area contributed by atoms with Gasteiger partial charge in [-0.15, -0.1) is 5.10 Å². The van der Waals surface area contributed by atoms with E-state index in [1.165, 1.54) is 11.5 Å². The third kappa shape index (κ3) is 2.34. The Morgan fingerprint density at radius 3 is 2.65 bits per heavy atom. The summed E-state index contributed by atoms with van der Waals surface area (Å²) >= 11 is 1.18. The van der Waals surface area contributed by atoms with E-state index in [2.05, 4.69) is 9.59 Å². The molecule has 1 fully saturated rings. The molecule has 0 amide bonds. The van der Waals surface area contributed by atoms with E-state index in [0.717, 1.165) is 18.6 Å². The van der Waals surface area contributed by atoms with E-state index in [1.54, 1.807) is 17.5 Å². The van der Waals surface area contributed by atoms with Gasteiger partial charge in [-0.3, -0.25) is 4.79 Å². The van der Waals surface area contributed by atoms with Crippen molar-refractivity contribution in [2.45, 2.75) is 18.9 Å². The summed E-state index contributed by atoms with van der Waals surface area (Å²) in [5.41, 5.74) is 1.01. The molecule has 0 spiro atoms. The van der Waals surface area contributed by atoms with Crippen LogP contribution in [-0.4, -0.2) is 21.5 Å². The van der Waals surface area contributed by atoms with Crippen LogP contribution in [0.2, 0.25) is 0 Å². The molecule has 0 atom stereocenters. The third-order valence-electron chi connectivity index (χ3n) is 2.54. The maximum Gasteiger partial charge on any atom is 0.214 e. The van der Waals surface area contributed by atoms with Crippen molar-refractivity contribution in [3.05, 3.63) is 40.9 Å². The summed E-state index contributed by atoms with van der Waals surface area (Å²) in [6.45, 7) is 0. The Hall–Kier alpha value is -1.75. The average molecular weight is 246 g/mol. The van der Waals surface area contributed by atoms with Gasteiger partial charge >= 0.3 is 0 Å². The largest absolute Gasteiger partial charge is 0.490 e. The molecule has 0 unspecified atom stereocenters. The first kappa shape index (κ1) is 10.4. The highest BCUT2D eigenvalue weighted by molar-refractivity contribution is 7.03. The zero-order valence-electron chi connectivity index (χ0n) is 9.00. The molecule has 4 nitrogen and oxygen atoms in total. The van der Waals surface area contributed by atoms with Crippen LogP contribution in [0, 0.1) is 0 Å². The molecule has 1 aliphatic carbocycles. The van der Waals surface area contributed by atoms with Crippen molar-refractivity contribution >= 4 is 17.3 Å². The molecule has 0 bridgehead atoms. The molecular weight excluding hydrogens is 236 g/mol. The van der Waals surface area contributed by atoms with Gasteiger partial charge in [0.15, 0.2) is 0 Å². The molecule has 0 radical (unpaired) electrons. The number of rotatable bonds is 4. The van der Waals surface area contributed by atoms with Gasteiger partial charge in [-0.2, -0.15) is 0 Å². The molecule has 1 aromatic carbocycles. The molecular formula is C12H10N2O2S. The first-order valence-electron chi connectivity index (χ1n) is 5.41. The normalized spacial score (nSPS) is 14.6. The number of hydrogen-bond acceptors (Lipinski definition) is 5. The van der Waals surface area contributed by atoms with Gasteiger partial charge in [-0.25, -0.2) is 0 Å². The second kappa shape index (κ2) is 4.25. The van der Waals surface area contributed by atoms with Gasteiger partial charge in [-0.1, -0.05) is 4.49 Å². The molecule has 0 N–H and O–H groups in total. The van der Waals surface area contributed by atoms with Gasteiger partial charge < -0.3 is 4.74 Å². The van der Waals surface area contributed by atoms with Crippen LogP contribution in [0.1, 0.15) is 28.9 Å². The Morgan fingerprint density at radius 2 is 2.06 bits per heavy atom. The van der Waals surface area contributed by atoms with Crippen molar-refractivity contribution in [2.24, 2.45) is 0 Å². The smallest absolute Gasteiger partial charge is 0.214 e. The van der Waals surface area contributed by atoms with Gasteiger partial charge in [-0.05, 0) is 48.6 Å². The molecule has 17 heavy (non-hydrogen) atoms. The number of nitrogens with zero attached hydrogens (tertiary/aromatic N) is 2. The molecule has 5 heteroatoms. The molecule has 3 rings (SSSR count). The maximum atomic E-state index is 11.9. The number of carbonyl (C=O) groups is 1. The zero-order chi connectivity index (χ0) is 11.7. The van der Waals surface area contributed by atoms with E-state index in [1.807, 2.05) is 12.1 Å². The van der Waals surface area contributed by atoms with Gasteiger partial charge in [0.05, 0.1) is 6.10 Å². The quantitative estimate of drug-likeness (QED) is 0.777. The van der Waals surface area contributed by atoms with Crippen LogP contribution in [0.5, 0.6) is 5.75 Å². The number of aromatic nitrogens is 2. The van der Waals surface area contributed by atoms with Gasteiger partial charge in [0.2, 0.25) is 5.78 Å². The second-order valence-electron chi connectivity index (χ2n) is 3.96. The molecule has 1 aromatic heterocycles. The van der Waals surface area contributed by atoms with E-state index < -0.39 is 0 Å². The summed E-state index contributed by atoms with van der Waals surface area (Å²) in [5, 5.41) is 5.41. The van der Waals surface area contributed by atoms with Gasteiger partial charge in [0.25, 0.3) is 0 Å². The van der Waals surface area contributed by atoms with Crippen LogP contribution in [0.15, 0.2) is 29.6 Å². The third-order valence-corrected chi connectivity index (χ3v) is 3.04. The zero-order valence-corrected chi connectivity index (χ0v) is 9.81. The molecule has 0 aliphatic heterocycles. The summed E-state index contributed by atoms with van der Waals surface area (Å²) in [6.07, 6.45) is 2.63. The minimum atomic E-state index is -0.100. The highest BCUT2D eigenvalue weighted by atomic mass is 32.1. The van der Waals surface area contributed by atoms with Crippen molar-refractivity contribution in [1.29, 1.82) is 0 Å². The highest BCUT2D eigenvalue weighted by Gasteiger charge is 2.23. The summed E-state index contributed by atoms with van der Waals surface area (Å²) in [5.74, 6) is 0.720. The van der Waals surface area contributed by atoms with E-state index in [9.17, 15) is 4.79 Å². The van der Waals surface area contributed by atoms with E-state index in [-0.39, 0.29) is 5.78 Å². The highest BCUT2D eigenvalue weighted by Crippen LogP contribution is 2.26. The van der Waals surface area contributed by atoms with Crippen molar-refractivity contribution in [3.63, 3.8) is 0 Å². The van der Waals surface area contributed by atoms with Gasteiger partial charge in [0, 0.05) is 10.9 Å². The summed E-state index contributed by atoms with van der Waals surface area (Å²) in [7, 11) is 0. The summed E-state index contributed by atoms with van der Waals surface area (Å²) in [6, 6.07) is 7.18. The van der Waals surface area contributed by atoms with Crippen LogP contribution in [0.25, 0.3) is 0 Å². The van der Waals surface area contributed by atoms with Crippen molar-refractivity contribution in [1.82, 2.24) is 9.59 Å². The van der Waals surface area contributed by atoms with Crippen molar-refractivity contribution in [2.75, 3.05) is 0 Å². The Bertz CT molecular complexity index is 518. The van der Waals surface area contributed by atoms with E-state index in [0.29, 0.717) is 17.4 Å². The lowest BCUT2D eigenvalue weighted by Gasteiger charge is -2.04. The van der Waals surface area contributed by atoms with Gasteiger partial charge in [0.1, 0.15) is 11.4 Å². The monoisotopic (exact) mass is 246 g/mol. The minimum absolute atomic E-state index is 0.100. The fraction of sp³-hybridized carbons (Fsp3) is 0.250. The van der Waals surface area contributed by atoms with Crippen molar-refractivity contribution < 1.29 is 9.53 Å². The average Bonchev–Trinajstić information content (AvgIpc) is 3.00. The lowest BCUT2D eigenvalue weighted by molar-refractivity contribution is 0.103. The van der Waals surface area contributed by atoms with Crippen LogP contribution >= 0.6 is 11.5 Å². The number of ketones is 1. The fourth-order valence-corrected chi connectivity index (χ4v) is 1.91. The minimum Gasteiger partial charge on any atom is -0.490 e. The fourth-order valence-electron chi connectivity index (χ4n) is 1.47. The Kier molecular flexibility index (Phi) is 2.60. The standard InChI is InChI=1S/C12H10N2O2S/c15-12(11-7-17-14-13-11)8-1-3-9(4-2-8)16-10-5-6-10/h1-4,7,10H,5-6H2. The first-order valence-corrected chi connectivity index (χ1v) is 6.25. The molecule has 0 saturated heterocycles. The number of hydrogen-bond donors (Lipinski definition) is 0. The van der Waals surface area contributed by atoms with E-state index in [4.69, 9.17) is 4.74 Å². The lowest BCUT2D eigenvalue weighted by atomic mass is 10.1. The van der Waals surface area contributed by atoms with Crippen molar-refractivity contribution in [3.8, 4) is 5.75 Å². The van der Waals surface area contributed by atoms with Crippen LogP contribution in [-0.2, 0) is 0 Å². The number of ether oxygens (including phenoxy) is 1. The summed E-state index contributed by atoms with van der Waals surface area (Å²) < 4.78 is 9.29. The van der Waals surface area contributed by atoms with E-state index >= 15 is 0 Å². The Balaban J connectivity index is 1.77. The SMILES string of the molecule is O=C(c1ccc(OC2CC2)cc1)c1csnn1. The lowest BCUT2D eigenvalue weighted by Crippen LogP contribution is -2.02. The number of carbonyl (C=O) groups excluding carboxylic acids is 1. The molecule has 1 saturated carbocycles. The topological polar surface area (TPSA) is 52.1 Å². The first-order chi connectivity index (χ1) is 8.33. The summed E-state index contributed by atoms with van der Waals surface area (Å²) in [4.78, 5) is 11.9. The molecule has 1 aliphatic rings. The van der Waals surface area contributed by atoms with Crippen LogP contribution in [0.4, 0.5) is 0 Å². The maximum absolute atomic E-state index is 11.9. The molecule has 2 aromatic rings. The Morgan fingerprint density at radius 1 is 1.29 bits per heavy atom. The van der Waals surface area contributed by atoms with Crippen LogP contribution in [0.3, 0.4) is 0 Å². The molecule has 1 heterocycles. The van der Waals surface area contributed by atoms with Crippen LogP contribution < -0.4 is 4.74 Å². The Labute approximate surface area is 102 Å². The number of benzene rings is 1. The second-order valence-corrected chi connectivity index (χ2v) is 4.57. The predicted octanol–water partition coefficient (Wildman–Crippen LogP) is 2.31. The predicted molar refractivity (Wildman–Crippen MR) is 63.4 cm³/mol. The molecule has 86 valence electrons.